The predicted molar refractivity (Wildman–Crippen MR) is 75.6 cm³/mol. The SMILES string of the molecule is CC1CCC(NC2(CN)CC(C)(C)OC2(C)C)C1. The van der Waals surface area contributed by atoms with Gasteiger partial charge in [0.25, 0.3) is 0 Å². The smallest absolute Gasteiger partial charge is 0.0828 e. The van der Waals surface area contributed by atoms with Crippen LogP contribution in [0.1, 0.15) is 60.3 Å². The molecule has 0 amide bonds. The fourth-order valence-corrected chi connectivity index (χ4v) is 4.09. The average Bonchev–Trinajstić information content (AvgIpc) is 2.67. The van der Waals surface area contributed by atoms with E-state index in [1.54, 1.807) is 0 Å². The lowest BCUT2D eigenvalue weighted by Crippen LogP contribution is -2.64. The van der Waals surface area contributed by atoms with Crippen molar-refractivity contribution in [1.82, 2.24) is 5.32 Å². The van der Waals surface area contributed by atoms with E-state index in [-0.39, 0.29) is 16.7 Å². The van der Waals surface area contributed by atoms with Gasteiger partial charge in [-0.1, -0.05) is 6.92 Å². The highest BCUT2D eigenvalue weighted by Gasteiger charge is 2.57. The molecular weight excluding hydrogens is 224 g/mol. The Kier molecular flexibility index (Phi) is 3.54. The summed E-state index contributed by atoms with van der Waals surface area (Å²) in [4.78, 5) is 0. The quantitative estimate of drug-likeness (QED) is 0.813. The number of hydrogen-bond acceptors (Lipinski definition) is 3. The minimum atomic E-state index is -0.197. The third-order valence-corrected chi connectivity index (χ3v) is 4.94. The third-order valence-electron chi connectivity index (χ3n) is 4.94. The van der Waals surface area contributed by atoms with Gasteiger partial charge in [-0.15, -0.1) is 0 Å². The van der Waals surface area contributed by atoms with Crippen molar-refractivity contribution in [3.05, 3.63) is 0 Å². The van der Waals surface area contributed by atoms with Gasteiger partial charge in [-0.05, 0) is 59.3 Å². The zero-order valence-corrected chi connectivity index (χ0v) is 12.7. The van der Waals surface area contributed by atoms with Crippen molar-refractivity contribution < 1.29 is 4.74 Å². The van der Waals surface area contributed by atoms with Gasteiger partial charge in [0.15, 0.2) is 0 Å². The highest BCUT2D eigenvalue weighted by Crippen LogP contribution is 2.45. The predicted octanol–water partition coefficient (Wildman–Crippen LogP) is 2.44. The third kappa shape index (κ3) is 2.45. The molecule has 0 radical (unpaired) electrons. The summed E-state index contributed by atoms with van der Waals surface area (Å²) in [6, 6.07) is 0.611. The monoisotopic (exact) mass is 254 g/mol. The van der Waals surface area contributed by atoms with E-state index in [1.807, 2.05) is 0 Å². The number of ether oxygens (including phenoxy) is 1. The van der Waals surface area contributed by atoms with Crippen LogP contribution < -0.4 is 11.1 Å². The lowest BCUT2D eigenvalue weighted by atomic mass is 9.78. The molecule has 1 saturated carbocycles. The van der Waals surface area contributed by atoms with Crippen molar-refractivity contribution in [3.8, 4) is 0 Å². The molecule has 3 N–H and O–H groups in total. The molecule has 2 aliphatic rings. The van der Waals surface area contributed by atoms with Gasteiger partial charge in [-0.2, -0.15) is 0 Å². The van der Waals surface area contributed by atoms with Crippen LogP contribution in [0.4, 0.5) is 0 Å². The maximum atomic E-state index is 6.24. The zero-order chi connectivity index (χ0) is 13.6. The maximum Gasteiger partial charge on any atom is 0.0828 e. The van der Waals surface area contributed by atoms with Gasteiger partial charge in [-0.3, -0.25) is 0 Å². The summed E-state index contributed by atoms with van der Waals surface area (Å²) < 4.78 is 6.24. The Morgan fingerprint density at radius 2 is 1.89 bits per heavy atom. The zero-order valence-electron chi connectivity index (χ0n) is 12.7. The number of hydrogen-bond donors (Lipinski definition) is 2. The van der Waals surface area contributed by atoms with Crippen LogP contribution >= 0.6 is 0 Å². The van der Waals surface area contributed by atoms with E-state index < -0.39 is 0 Å². The first kappa shape index (κ1) is 14.3. The lowest BCUT2D eigenvalue weighted by molar-refractivity contribution is -0.0832. The second-order valence-corrected chi connectivity index (χ2v) is 7.59. The van der Waals surface area contributed by atoms with Crippen LogP contribution in [0.3, 0.4) is 0 Å². The Morgan fingerprint density at radius 1 is 1.22 bits per heavy atom. The van der Waals surface area contributed by atoms with E-state index in [1.165, 1.54) is 19.3 Å². The standard InChI is InChI=1S/C15H30N2O/c1-11-6-7-12(8-11)17-15(10-16)9-13(2,3)18-14(15,4)5/h11-12,17H,6-10,16H2,1-5H3. The van der Waals surface area contributed by atoms with Gasteiger partial charge in [-0.25, -0.2) is 0 Å². The van der Waals surface area contributed by atoms with Crippen LogP contribution in [0.15, 0.2) is 0 Å². The second kappa shape index (κ2) is 4.46. The van der Waals surface area contributed by atoms with Gasteiger partial charge in [0, 0.05) is 12.6 Å². The molecule has 3 heteroatoms. The molecule has 106 valence electrons. The molecule has 0 aromatic carbocycles. The van der Waals surface area contributed by atoms with Crippen molar-refractivity contribution in [2.45, 2.75) is 83.1 Å². The van der Waals surface area contributed by atoms with Crippen LogP contribution in [-0.4, -0.2) is 29.3 Å². The van der Waals surface area contributed by atoms with Gasteiger partial charge in [0.05, 0.1) is 16.7 Å². The molecule has 0 aromatic rings. The first-order valence-corrected chi connectivity index (χ1v) is 7.38. The number of nitrogens with one attached hydrogen (secondary N) is 1. The lowest BCUT2D eigenvalue weighted by Gasteiger charge is -2.42. The Bertz CT molecular complexity index is 314. The summed E-state index contributed by atoms with van der Waals surface area (Å²) >= 11 is 0. The minimum Gasteiger partial charge on any atom is -0.368 e. The minimum absolute atomic E-state index is 0.0781. The maximum absolute atomic E-state index is 6.24. The Labute approximate surface area is 112 Å². The molecule has 3 unspecified atom stereocenters. The Morgan fingerprint density at radius 3 is 2.28 bits per heavy atom. The molecule has 1 saturated heterocycles. The molecule has 0 bridgehead atoms. The van der Waals surface area contributed by atoms with E-state index in [4.69, 9.17) is 10.5 Å². The normalized spacial score (nSPS) is 42.3. The summed E-state index contributed by atoms with van der Waals surface area (Å²) in [5, 5.41) is 3.87. The van der Waals surface area contributed by atoms with Crippen molar-refractivity contribution in [2.24, 2.45) is 11.7 Å². The number of rotatable bonds is 3. The second-order valence-electron chi connectivity index (χ2n) is 7.59. The van der Waals surface area contributed by atoms with Crippen LogP contribution in [0, 0.1) is 5.92 Å². The van der Waals surface area contributed by atoms with Crippen LogP contribution in [0.2, 0.25) is 0 Å². The van der Waals surface area contributed by atoms with Gasteiger partial charge in [0.1, 0.15) is 0 Å². The molecule has 2 rings (SSSR count). The first-order valence-electron chi connectivity index (χ1n) is 7.38. The van der Waals surface area contributed by atoms with Crippen LogP contribution in [0.5, 0.6) is 0 Å². The molecule has 0 aromatic heterocycles. The van der Waals surface area contributed by atoms with Gasteiger partial charge < -0.3 is 15.8 Å². The summed E-state index contributed by atoms with van der Waals surface area (Å²) in [5.74, 6) is 0.843. The summed E-state index contributed by atoms with van der Waals surface area (Å²) in [5.41, 5.74) is 5.78. The van der Waals surface area contributed by atoms with Crippen molar-refractivity contribution in [1.29, 1.82) is 0 Å². The van der Waals surface area contributed by atoms with E-state index in [2.05, 4.69) is 39.9 Å². The topological polar surface area (TPSA) is 47.3 Å². The largest absolute Gasteiger partial charge is 0.368 e. The van der Waals surface area contributed by atoms with E-state index >= 15 is 0 Å². The molecule has 1 aliphatic heterocycles. The fourth-order valence-electron chi connectivity index (χ4n) is 4.09. The first-order chi connectivity index (χ1) is 8.20. The number of nitrogens with two attached hydrogens (primary N) is 1. The highest BCUT2D eigenvalue weighted by atomic mass is 16.5. The molecule has 3 atom stereocenters. The molecule has 0 spiro atoms. The van der Waals surface area contributed by atoms with Crippen molar-refractivity contribution >= 4 is 0 Å². The molecular formula is C15H30N2O. The van der Waals surface area contributed by atoms with Gasteiger partial charge >= 0.3 is 0 Å². The average molecular weight is 254 g/mol. The summed E-state index contributed by atoms with van der Waals surface area (Å²) in [7, 11) is 0. The molecule has 2 fully saturated rings. The van der Waals surface area contributed by atoms with Crippen molar-refractivity contribution in [3.63, 3.8) is 0 Å². The summed E-state index contributed by atoms with van der Waals surface area (Å²) in [6.45, 7) is 11.7. The molecule has 1 heterocycles. The Balaban J connectivity index is 2.15. The van der Waals surface area contributed by atoms with E-state index in [0.717, 1.165) is 12.3 Å². The van der Waals surface area contributed by atoms with E-state index in [9.17, 15) is 0 Å². The summed E-state index contributed by atoms with van der Waals surface area (Å²) in [6.07, 6.45) is 4.88. The fraction of sp³-hybridized carbons (Fsp3) is 1.00. The molecule has 3 nitrogen and oxygen atoms in total. The van der Waals surface area contributed by atoms with Gasteiger partial charge in [0.2, 0.25) is 0 Å². The van der Waals surface area contributed by atoms with Crippen LogP contribution in [0.25, 0.3) is 0 Å². The molecule has 1 aliphatic carbocycles. The van der Waals surface area contributed by atoms with E-state index in [0.29, 0.717) is 12.6 Å². The van der Waals surface area contributed by atoms with Crippen LogP contribution in [-0.2, 0) is 4.74 Å². The van der Waals surface area contributed by atoms with Crippen molar-refractivity contribution in [2.75, 3.05) is 6.54 Å². The molecule has 18 heavy (non-hydrogen) atoms. The highest BCUT2D eigenvalue weighted by molar-refractivity contribution is 5.13. The Hall–Kier alpha value is -0.120.